The first-order valence-electron chi connectivity index (χ1n) is 6.99. The second kappa shape index (κ2) is 9.82. The van der Waals surface area contributed by atoms with Gasteiger partial charge in [-0.2, -0.15) is 13.2 Å². The number of aliphatic imine (C=N–C) groups is 1. The Hall–Kier alpha value is -1.36. The lowest BCUT2D eigenvalue weighted by molar-refractivity contribution is -0.140. The molecule has 24 heavy (non-hydrogen) atoms. The number of benzene rings is 1. The lowest BCUT2D eigenvalue weighted by Crippen LogP contribution is -2.37. The van der Waals surface area contributed by atoms with E-state index in [1.807, 2.05) is 30.3 Å². The minimum atomic E-state index is -4.40. The Balaban J connectivity index is 0.00000288. The van der Waals surface area contributed by atoms with Crippen LogP contribution in [0.2, 0.25) is 0 Å². The minimum absolute atomic E-state index is 0. The van der Waals surface area contributed by atoms with Crippen LogP contribution in [0.15, 0.2) is 40.7 Å². The van der Waals surface area contributed by atoms with Crippen molar-refractivity contribution >= 4 is 41.3 Å². The average Bonchev–Trinajstić information content (AvgIpc) is 3.01. The molecule has 0 spiro atoms. The summed E-state index contributed by atoms with van der Waals surface area (Å²) < 4.78 is 37.4. The van der Waals surface area contributed by atoms with Gasteiger partial charge in [-0.1, -0.05) is 30.3 Å². The van der Waals surface area contributed by atoms with Crippen LogP contribution in [0, 0.1) is 0 Å². The van der Waals surface area contributed by atoms with E-state index >= 15 is 0 Å². The standard InChI is InChI=1S/C15H17F3N4S.HI/c1-19-14(20-8-7-11-5-3-2-4-6-11)21-9-13-22-12(10-23-13)15(16,17)18;/h2-6,10H,7-9H2,1H3,(H2,19,20,21);1H. The molecule has 0 saturated heterocycles. The van der Waals surface area contributed by atoms with Crippen molar-refractivity contribution in [1.82, 2.24) is 15.6 Å². The number of rotatable bonds is 5. The summed E-state index contributed by atoms with van der Waals surface area (Å²) in [6.07, 6.45) is -3.57. The molecule has 2 N–H and O–H groups in total. The van der Waals surface area contributed by atoms with Crippen LogP contribution in [0.4, 0.5) is 13.2 Å². The molecule has 1 aromatic carbocycles. The molecule has 132 valence electrons. The van der Waals surface area contributed by atoms with E-state index in [4.69, 9.17) is 0 Å². The number of nitrogens with zero attached hydrogens (tertiary/aromatic N) is 2. The molecule has 9 heteroatoms. The first-order chi connectivity index (χ1) is 11.0. The Bertz CT molecular complexity index is 644. The van der Waals surface area contributed by atoms with Gasteiger partial charge in [0, 0.05) is 19.0 Å². The highest BCUT2D eigenvalue weighted by atomic mass is 127. The molecular weight excluding hydrogens is 452 g/mol. The lowest BCUT2D eigenvalue weighted by atomic mass is 10.1. The molecule has 1 aromatic heterocycles. The van der Waals surface area contributed by atoms with Gasteiger partial charge in [0.05, 0.1) is 6.54 Å². The predicted octanol–water partition coefficient (Wildman–Crippen LogP) is 3.69. The van der Waals surface area contributed by atoms with E-state index in [9.17, 15) is 13.2 Å². The molecule has 0 aliphatic rings. The van der Waals surface area contributed by atoms with Gasteiger partial charge in [0.1, 0.15) is 5.01 Å². The van der Waals surface area contributed by atoms with Gasteiger partial charge in [-0.15, -0.1) is 35.3 Å². The van der Waals surface area contributed by atoms with Gasteiger partial charge in [0.2, 0.25) is 0 Å². The summed E-state index contributed by atoms with van der Waals surface area (Å²) in [5.41, 5.74) is 0.344. The van der Waals surface area contributed by atoms with Gasteiger partial charge in [0.25, 0.3) is 0 Å². The maximum Gasteiger partial charge on any atom is 0.434 e. The lowest BCUT2D eigenvalue weighted by Gasteiger charge is -2.10. The van der Waals surface area contributed by atoms with Crippen LogP contribution in [0.3, 0.4) is 0 Å². The number of guanidine groups is 1. The fraction of sp³-hybridized carbons (Fsp3) is 0.333. The minimum Gasteiger partial charge on any atom is -0.356 e. The van der Waals surface area contributed by atoms with E-state index in [2.05, 4.69) is 20.6 Å². The average molecular weight is 470 g/mol. The van der Waals surface area contributed by atoms with E-state index in [1.54, 1.807) is 7.05 Å². The SMILES string of the molecule is CN=C(NCCc1ccccc1)NCc1nc(C(F)(F)F)cs1.I. The number of nitrogens with one attached hydrogen (secondary N) is 2. The van der Waals surface area contributed by atoms with Crippen LogP contribution >= 0.6 is 35.3 Å². The van der Waals surface area contributed by atoms with Crippen molar-refractivity contribution < 1.29 is 13.2 Å². The van der Waals surface area contributed by atoms with Crippen LogP contribution in [-0.2, 0) is 19.1 Å². The van der Waals surface area contributed by atoms with Crippen molar-refractivity contribution in [1.29, 1.82) is 0 Å². The number of halogens is 4. The van der Waals surface area contributed by atoms with Crippen molar-refractivity contribution in [3.8, 4) is 0 Å². The number of alkyl halides is 3. The highest BCUT2D eigenvalue weighted by Gasteiger charge is 2.33. The second-order valence-corrected chi connectivity index (χ2v) is 5.66. The highest BCUT2D eigenvalue weighted by Crippen LogP contribution is 2.29. The molecule has 1 heterocycles. The zero-order chi connectivity index (χ0) is 16.7. The third kappa shape index (κ3) is 6.63. The Morgan fingerprint density at radius 3 is 2.50 bits per heavy atom. The third-order valence-electron chi connectivity index (χ3n) is 3.02. The topological polar surface area (TPSA) is 49.3 Å². The summed E-state index contributed by atoms with van der Waals surface area (Å²) in [5.74, 6) is 0.532. The van der Waals surface area contributed by atoms with E-state index in [1.165, 1.54) is 5.56 Å². The quantitative estimate of drug-likeness (QED) is 0.398. The van der Waals surface area contributed by atoms with Crippen molar-refractivity contribution in [2.24, 2.45) is 4.99 Å². The number of aromatic nitrogens is 1. The van der Waals surface area contributed by atoms with Crippen LogP contribution in [0.25, 0.3) is 0 Å². The maximum atomic E-state index is 12.5. The van der Waals surface area contributed by atoms with Crippen LogP contribution in [0.5, 0.6) is 0 Å². The zero-order valence-electron chi connectivity index (χ0n) is 12.9. The van der Waals surface area contributed by atoms with Crippen molar-refractivity contribution in [2.75, 3.05) is 13.6 Å². The van der Waals surface area contributed by atoms with E-state index in [-0.39, 0.29) is 30.5 Å². The molecule has 0 bridgehead atoms. The van der Waals surface area contributed by atoms with Crippen molar-refractivity contribution in [2.45, 2.75) is 19.1 Å². The molecule has 2 aromatic rings. The Morgan fingerprint density at radius 1 is 1.21 bits per heavy atom. The largest absolute Gasteiger partial charge is 0.434 e. The van der Waals surface area contributed by atoms with E-state index in [0.717, 1.165) is 23.1 Å². The highest BCUT2D eigenvalue weighted by molar-refractivity contribution is 14.0. The van der Waals surface area contributed by atoms with Crippen molar-refractivity contribution in [3.63, 3.8) is 0 Å². The molecule has 0 amide bonds. The van der Waals surface area contributed by atoms with Gasteiger partial charge in [-0.25, -0.2) is 4.98 Å². The molecule has 0 aliphatic heterocycles. The summed E-state index contributed by atoms with van der Waals surface area (Å²) in [4.78, 5) is 7.60. The molecule has 0 atom stereocenters. The van der Waals surface area contributed by atoms with E-state index < -0.39 is 11.9 Å². The monoisotopic (exact) mass is 470 g/mol. The normalized spacial score (nSPS) is 11.8. The van der Waals surface area contributed by atoms with Gasteiger partial charge >= 0.3 is 6.18 Å². The van der Waals surface area contributed by atoms with Crippen molar-refractivity contribution in [3.05, 3.63) is 52.0 Å². The van der Waals surface area contributed by atoms with Gasteiger partial charge in [-0.05, 0) is 12.0 Å². The molecule has 0 fully saturated rings. The first-order valence-corrected chi connectivity index (χ1v) is 7.87. The summed E-state index contributed by atoms with van der Waals surface area (Å²) in [6, 6.07) is 9.98. The van der Waals surface area contributed by atoms with E-state index in [0.29, 0.717) is 17.5 Å². The number of hydrogen-bond donors (Lipinski definition) is 2. The van der Waals surface area contributed by atoms with Crippen LogP contribution in [-0.4, -0.2) is 24.5 Å². The first kappa shape index (κ1) is 20.7. The fourth-order valence-electron chi connectivity index (χ4n) is 1.87. The maximum absolute atomic E-state index is 12.5. The third-order valence-corrected chi connectivity index (χ3v) is 3.87. The number of thiazole rings is 1. The molecule has 2 rings (SSSR count). The Morgan fingerprint density at radius 2 is 1.92 bits per heavy atom. The molecule has 4 nitrogen and oxygen atoms in total. The molecule has 0 aliphatic carbocycles. The summed E-state index contributed by atoms with van der Waals surface area (Å²) >= 11 is 0.973. The Kier molecular flexibility index (Phi) is 8.46. The van der Waals surface area contributed by atoms with Gasteiger partial charge in [0.15, 0.2) is 11.7 Å². The Labute approximate surface area is 159 Å². The summed E-state index contributed by atoms with van der Waals surface area (Å²) in [5, 5.41) is 7.46. The summed E-state index contributed by atoms with van der Waals surface area (Å²) in [6.45, 7) is 0.876. The predicted molar refractivity (Wildman–Crippen MR) is 101 cm³/mol. The molecule has 0 unspecified atom stereocenters. The smallest absolute Gasteiger partial charge is 0.356 e. The van der Waals surface area contributed by atoms with Crippen LogP contribution in [0.1, 0.15) is 16.3 Å². The molecule has 0 radical (unpaired) electrons. The van der Waals surface area contributed by atoms with Crippen LogP contribution < -0.4 is 10.6 Å². The molecule has 0 saturated carbocycles. The summed E-state index contributed by atoms with van der Waals surface area (Å²) in [7, 11) is 1.61. The van der Waals surface area contributed by atoms with Gasteiger partial charge < -0.3 is 10.6 Å². The second-order valence-electron chi connectivity index (χ2n) is 4.71. The molecular formula is C15H18F3IN4S. The zero-order valence-corrected chi connectivity index (χ0v) is 16.1. The van der Waals surface area contributed by atoms with Gasteiger partial charge in [-0.3, -0.25) is 4.99 Å². The fourth-order valence-corrected chi connectivity index (χ4v) is 2.61. The number of hydrogen-bond acceptors (Lipinski definition) is 3.